The van der Waals surface area contributed by atoms with E-state index in [2.05, 4.69) is 19.2 Å². The van der Waals surface area contributed by atoms with Crippen molar-refractivity contribution in [1.82, 2.24) is 5.32 Å². The summed E-state index contributed by atoms with van der Waals surface area (Å²) in [5, 5.41) is 3.81. The van der Waals surface area contributed by atoms with Crippen molar-refractivity contribution in [2.24, 2.45) is 11.3 Å². The second-order valence-electron chi connectivity index (χ2n) is 6.20. The number of nitrogens with one attached hydrogen (secondary N) is 1. The zero-order valence-corrected chi connectivity index (χ0v) is 11.6. The van der Waals surface area contributed by atoms with E-state index < -0.39 is 0 Å². The highest BCUT2D eigenvalue weighted by atomic mass is 16.5. The summed E-state index contributed by atoms with van der Waals surface area (Å²) in [6, 6.07) is 0.719. The first-order valence-electron chi connectivity index (χ1n) is 7.57. The van der Waals surface area contributed by atoms with Gasteiger partial charge in [-0.15, -0.1) is 0 Å². The Bertz CT molecular complexity index is 217. The zero-order valence-electron chi connectivity index (χ0n) is 11.6. The molecule has 1 unspecified atom stereocenters. The van der Waals surface area contributed by atoms with Gasteiger partial charge in [-0.25, -0.2) is 0 Å². The van der Waals surface area contributed by atoms with Crippen LogP contribution in [0.25, 0.3) is 0 Å². The second kappa shape index (κ2) is 6.19. The summed E-state index contributed by atoms with van der Waals surface area (Å²) in [6.07, 6.45) is 9.66. The van der Waals surface area contributed by atoms with E-state index in [0.717, 1.165) is 31.7 Å². The topological polar surface area (TPSA) is 21.3 Å². The maximum Gasteiger partial charge on any atom is 0.0469 e. The number of ether oxygens (including phenoxy) is 1. The van der Waals surface area contributed by atoms with Gasteiger partial charge in [-0.2, -0.15) is 0 Å². The molecule has 1 aliphatic heterocycles. The maximum atomic E-state index is 5.52. The normalized spacial score (nSPS) is 27.9. The number of hydrogen-bond acceptors (Lipinski definition) is 2. The van der Waals surface area contributed by atoms with Crippen LogP contribution in [0.15, 0.2) is 0 Å². The van der Waals surface area contributed by atoms with Gasteiger partial charge >= 0.3 is 0 Å². The van der Waals surface area contributed by atoms with Gasteiger partial charge in [0.15, 0.2) is 0 Å². The molecule has 2 nitrogen and oxygen atoms in total. The van der Waals surface area contributed by atoms with Crippen LogP contribution in [0.1, 0.15) is 58.8 Å². The molecule has 0 radical (unpaired) electrons. The molecular weight excluding hydrogens is 210 g/mol. The molecule has 1 N–H and O–H groups in total. The molecule has 1 heterocycles. The van der Waals surface area contributed by atoms with E-state index in [1.165, 1.54) is 44.9 Å². The lowest BCUT2D eigenvalue weighted by atomic mass is 9.65. The summed E-state index contributed by atoms with van der Waals surface area (Å²) in [7, 11) is 0. The Morgan fingerprint density at radius 2 is 1.82 bits per heavy atom. The zero-order chi connectivity index (χ0) is 12.1. The van der Waals surface area contributed by atoms with Crippen molar-refractivity contribution in [3.05, 3.63) is 0 Å². The van der Waals surface area contributed by atoms with Crippen molar-refractivity contribution in [1.29, 1.82) is 0 Å². The van der Waals surface area contributed by atoms with Crippen molar-refractivity contribution in [3.63, 3.8) is 0 Å². The van der Waals surface area contributed by atoms with Gasteiger partial charge in [0, 0.05) is 19.3 Å². The van der Waals surface area contributed by atoms with E-state index in [0.29, 0.717) is 5.41 Å². The molecule has 100 valence electrons. The fourth-order valence-electron chi connectivity index (χ4n) is 3.92. The minimum Gasteiger partial charge on any atom is -0.381 e. The van der Waals surface area contributed by atoms with Crippen molar-refractivity contribution in [3.8, 4) is 0 Å². The summed E-state index contributed by atoms with van der Waals surface area (Å²) in [4.78, 5) is 0. The molecule has 0 aromatic heterocycles. The Balaban J connectivity index is 2.03. The molecule has 2 rings (SSSR count). The molecule has 2 fully saturated rings. The first-order chi connectivity index (χ1) is 8.26. The lowest BCUT2D eigenvalue weighted by Crippen LogP contribution is -2.50. The van der Waals surface area contributed by atoms with E-state index in [-0.39, 0.29) is 0 Å². The Labute approximate surface area is 107 Å². The van der Waals surface area contributed by atoms with E-state index in [9.17, 15) is 0 Å². The molecule has 2 heteroatoms. The largest absolute Gasteiger partial charge is 0.381 e. The van der Waals surface area contributed by atoms with Crippen LogP contribution in [-0.4, -0.2) is 25.8 Å². The third-order valence-corrected chi connectivity index (χ3v) is 4.91. The first-order valence-corrected chi connectivity index (χ1v) is 7.57. The highest BCUT2D eigenvalue weighted by Gasteiger charge is 2.39. The van der Waals surface area contributed by atoms with Crippen molar-refractivity contribution in [2.45, 2.75) is 64.8 Å². The van der Waals surface area contributed by atoms with Crippen molar-refractivity contribution >= 4 is 0 Å². The van der Waals surface area contributed by atoms with E-state index in [1.807, 2.05) is 0 Å². The van der Waals surface area contributed by atoms with Crippen LogP contribution in [0.3, 0.4) is 0 Å². The van der Waals surface area contributed by atoms with Crippen LogP contribution in [0.5, 0.6) is 0 Å². The van der Waals surface area contributed by atoms with Gasteiger partial charge in [0.05, 0.1) is 0 Å². The van der Waals surface area contributed by atoms with Crippen LogP contribution in [-0.2, 0) is 4.74 Å². The van der Waals surface area contributed by atoms with Gasteiger partial charge in [0.1, 0.15) is 0 Å². The molecule has 0 aromatic rings. The van der Waals surface area contributed by atoms with E-state index in [1.54, 1.807) is 0 Å². The lowest BCUT2D eigenvalue weighted by molar-refractivity contribution is 0.0173. The fraction of sp³-hybridized carbons (Fsp3) is 1.00. The average Bonchev–Trinajstić information content (AvgIpc) is 2.38. The Morgan fingerprint density at radius 3 is 2.41 bits per heavy atom. The summed E-state index contributed by atoms with van der Waals surface area (Å²) < 4.78 is 5.52. The summed E-state index contributed by atoms with van der Waals surface area (Å²) in [6.45, 7) is 7.83. The Hall–Kier alpha value is -0.0800. The third-order valence-electron chi connectivity index (χ3n) is 4.91. The quantitative estimate of drug-likeness (QED) is 0.812. The molecule has 0 bridgehead atoms. The molecule has 0 aromatic carbocycles. The fourth-order valence-corrected chi connectivity index (χ4v) is 3.92. The summed E-state index contributed by atoms with van der Waals surface area (Å²) in [5.74, 6) is 0.840. The van der Waals surface area contributed by atoms with E-state index in [4.69, 9.17) is 4.74 Å². The van der Waals surface area contributed by atoms with Crippen LogP contribution in [0.4, 0.5) is 0 Å². The Morgan fingerprint density at radius 1 is 1.18 bits per heavy atom. The van der Waals surface area contributed by atoms with Gasteiger partial charge in [-0.3, -0.25) is 0 Å². The van der Waals surface area contributed by atoms with Gasteiger partial charge in [0.25, 0.3) is 0 Å². The highest BCUT2D eigenvalue weighted by Crippen LogP contribution is 2.43. The smallest absolute Gasteiger partial charge is 0.0469 e. The van der Waals surface area contributed by atoms with E-state index >= 15 is 0 Å². The third kappa shape index (κ3) is 3.23. The van der Waals surface area contributed by atoms with Crippen LogP contribution < -0.4 is 5.32 Å². The van der Waals surface area contributed by atoms with Gasteiger partial charge in [0.2, 0.25) is 0 Å². The molecule has 0 amide bonds. The molecule has 2 aliphatic rings. The summed E-state index contributed by atoms with van der Waals surface area (Å²) >= 11 is 0. The standard InChI is InChI=1S/C15H29NO/c1-3-16-14(13-7-11-17-12-8-13)15(2)9-5-4-6-10-15/h13-14,16H,3-12H2,1-2H3. The van der Waals surface area contributed by atoms with Crippen LogP contribution in [0, 0.1) is 11.3 Å². The van der Waals surface area contributed by atoms with Gasteiger partial charge < -0.3 is 10.1 Å². The van der Waals surface area contributed by atoms with Crippen LogP contribution >= 0.6 is 0 Å². The predicted molar refractivity (Wildman–Crippen MR) is 72.2 cm³/mol. The molecule has 0 spiro atoms. The van der Waals surface area contributed by atoms with Crippen molar-refractivity contribution in [2.75, 3.05) is 19.8 Å². The molecule has 1 atom stereocenters. The lowest BCUT2D eigenvalue weighted by Gasteiger charge is -2.46. The SMILES string of the molecule is CCNC(C1CCOCC1)C1(C)CCCCC1. The highest BCUT2D eigenvalue weighted by molar-refractivity contribution is 4.94. The van der Waals surface area contributed by atoms with Crippen molar-refractivity contribution < 1.29 is 4.74 Å². The monoisotopic (exact) mass is 239 g/mol. The molecule has 17 heavy (non-hydrogen) atoms. The first kappa shape index (κ1) is 13.4. The molecule has 1 aliphatic carbocycles. The molecular formula is C15H29NO. The molecule has 1 saturated heterocycles. The summed E-state index contributed by atoms with van der Waals surface area (Å²) in [5.41, 5.74) is 0.538. The minimum atomic E-state index is 0.538. The van der Waals surface area contributed by atoms with Gasteiger partial charge in [-0.05, 0) is 43.6 Å². The average molecular weight is 239 g/mol. The minimum absolute atomic E-state index is 0.538. The Kier molecular flexibility index (Phi) is 4.87. The van der Waals surface area contributed by atoms with Gasteiger partial charge in [-0.1, -0.05) is 33.1 Å². The number of hydrogen-bond donors (Lipinski definition) is 1. The number of rotatable bonds is 4. The van der Waals surface area contributed by atoms with Crippen LogP contribution in [0.2, 0.25) is 0 Å². The molecule has 1 saturated carbocycles. The predicted octanol–water partition coefficient (Wildman–Crippen LogP) is 3.36. The maximum absolute atomic E-state index is 5.52. The second-order valence-corrected chi connectivity index (χ2v) is 6.20.